The fraction of sp³-hybridized carbons (Fsp3) is 0.429. The summed E-state index contributed by atoms with van der Waals surface area (Å²) < 4.78 is 1.17. The molecule has 1 aromatic heterocycles. The Bertz CT molecular complexity index is 504. The Labute approximate surface area is 106 Å². The van der Waals surface area contributed by atoms with Crippen molar-refractivity contribution in [1.29, 1.82) is 0 Å². The number of phenolic OH excluding ortho intramolecular Hbond substituents is 1. The first kappa shape index (κ1) is 12.4. The molecule has 1 N–H and O–H groups in total. The maximum Gasteiger partial charge on any atom is 0.124 e. The van der Waals surface area contributed by atoms with Crippen LogP contribution in [0.3, 0.4) is 0 Å². The molecular formula is C14H19NOS. The molecule has 2 rings (SSSR count). The SMILES string of the molecule is CC(C)N(C)CCc1csc2cccc(O)c12. The molecule has 0 saturated heterocycles. The van der Waals surface area contributed by atoms with Crippen molar-refractivity contribution in [3.63, 3.8) is 0 Å². The molecule has 0 amide bonds. The number of rotatable bonds is 4. The van der Waals surface area contributed by atoms with Crippen LogP contribution < -0.4 is 0 Å². The van der Waals surface area contributed by atoms with E-state index in [9.17, 15) is 5.11 Å². The molecule has 0 aliphatic rings. The van der Waals surface area contributed by atoms with E-state index in [2.05, 4.69) is 37.2 Å². The summed E-state index contributed by atoms with van der Waals surface area (Å²) in [6.45, 7) is 5.42. The molecule has 2 aromatic rings. The van der Waals surface area contributed by atoms with E-state index in [1.54, 1.807) is 17.4 Å². The van der Waals surface area contributed by atoms with Gasteiger partial charge in [0.05, 0.1) is 0 Å². The third-order valence-electron chi connectivity index (χ3n) is 3.27. The number of phenols is 1. The van der Waals surface area contributed by atoms with E-state index in [1.807, 2.05) is 6.07 Å². The first-order valence-electron chi connectivity index (χ1n) is 5.98. The van der Waals surface area contributed by atoms with Crippen LogP contribution in [0.5, 0.6) is 5.75 Å². The highest BCUT2D eigenvalue weighted by atomic mass is 32.1. The lowest BCUT2D eigenvalue weighted by molar-refractivity contribution is 0.278. The summed E-state index contributed by atoms with van der Waals surface area (Å²) >= 11 is 1.71. The minimum atomic E-state index is 0.408. The number of hydrogen-bond acceptors (Lipinski definition) is 3. The second kappa shape index (κ2) is 5.07. The smallest absolute Gasteiger partial charge is 0.124 e. The zero-order valence-electron chi connectivity index (χ0n) is 10.6. The lowest BCUT2D eigenvalue weighted by atomic mass is 10.1. The van der Waals surface area contributed by atoms with Crippen molar-refractivity contribution >= 4 is 21.4 Å². The number of nitrogens with zero attached hydrogens (tertiary/aromatic N) is 1. The normalized spacial score (nSPS) is 11.8. The molecule has 1 heterocycles. The second-order valence-corrected chi connectivity index (χ2v) is 5.65. The Balaban J connectivity index is 2.19. The molecule has 0 radical (unpaired) electrons. The molecule has 0 atom stereocenters. The van der Waals surface area contributed by atoms with Crippen LogP contribution >= 0.6 is 11.3 Å². The first-order valence-corrected chi connectivity index (χ1v) is 6.86. The first-order chi connectivity index (χ1) is 8.09. The van der Waals surface area contributed by atoms with Gasteiger partial charge in [-0.25, -0.2) is 0 Å². The summed E-state index contributed by atoms with van der Waals surface area (Å²) in [6.07, 6.45) is 0.992. The van der Waals surface area contributed by atoms with Gasteiger partial charge in [0.15, 0.2) is 0 Å². The molecule has 0 fully saturated rings. The third-order valence-corrected chi connectivity index (χ3v) is 4.27. The molecule has 0 bridgehead atoms. The summed E-state index contributed by atoms with van der Waals surface area (Å²) in [6, 6.07) is 6.30. The zero-order chi connectivity index (χ0) is 12.4. The molecule has 3 heteroatoms. The number of hydrogen-bond donors (Lipinski definition) is 1. The Kier molecular flexibility index (Phi) is 3.69. The van der Waals surface area contributed by atoms with Crippen LogP contribution in [0.15, 0.2) is 23.6 Å². The Morgan fingerprint density at radius 3 is 2.82 bits per heavy atom. The van der Waals surface area contributed by atoms with E-state index in [1.165, 1.54) is 10.3 Å². The van der Waals surface area contributed by atoms with Crippen LogP contribution in [-0.2, 0) is 6.42 Å². The maximum absolute atomic E-state index is 9.91. The van der Waals surface area contributed by atoms with Crippen molar-refractivity contribution in [3.05, 3.63) is 29.1 Å². The highest BCUT2D eigenvalue weighted by Crippen LogP contribution is 2.33. The molecule has 0 aliphatic carbocycles. The second-order valence-electron chi connectivity index (χ2n) is 4.74. The van der Waals surface area contributed by atoms with E-state index < -0.39 is 0 Å². The Hall–Kier alpha value is -1.06. The van der Waals surface area contributed by atoms with E-state index in [0.29, 0.717) is 11.8 Å². The standard InChI is InChI=1S/C14H19NOS/c1-10(2)15(3)8-7-11-9-17-13-6-4-5-12(16)14(11)13/h4-6,9-10,16H,7-8H2,1-3H3. The summed E-state index contributed by atoms with van der Waals surface area (Å²) in [5.74, 6) is 0.408. The molecule has 17 heavy (non-hydrogen) atoms. The fourth-order valence-corrected chi connectivity index (χ4v) is 2.89. The highest BCUT2D eigenvalue weighted by molar-refractivity contribution is 7.17. The lowest BCUT2D eigenvalue weighted by Gasteiger charge is -2.20. The van der Waals surface area contributed by atoms with Gasteiger partial charge >= 0.3 is 0 Å². The molecule has 0 aliphatic heterocycles. The highest BCUT2D eigenvalue weighted by Gasteiger charge is 2.10. The molecule has 0 spiro atoms. The van der Waals surface area contributed by atoms with Crippen LogP contribution in [0.2, 0.25) is 0 Å². The van der Waals surface area contributed by atoms with Gasteiger partial charge in [-0.15, -0.1) is 11.3 Å². The summed E-state index contributed by atoms with van der Waals surface area (Å²) in [5, 5.41) is 13.1. The van der Waals surface area contributed by atoms with Gasteiger partial charge < -0.3 is 10.0 Å². The van der Waals surface area contributed by atoms with Crippen LogP contribution in [0.1, 0.15) is 19.4 Å². The average molecular weight is 249 g/mol. The largest absolute Gasteiger partial charge is 0.507 e. The van der Waals surface area contributed by atoms with E-state index in [0.717, 1.165) is 18.4 Å². The third kappa shape index (κ3) is 2.61. The Morgan fingerprint density at radius 2 is 2.12 bits per heavy atom. The minimum Gasteiger partial charge on any atom is -0.507 e. The van der Waals surface area contributed by atoms with Gasteiger partial charge in [0.25, 0.3) is 0 Å². The van der Waals surface area contributed by atoms with Gasteiger partial charge in [0.2, 0.25) is 0 Å². The topological polar surface area (TPSA) is 23.5 Å². The van der Waals surface area contributed by atoms with Gasteiger partial charge in [-0.1, -0.05) is 6.07 Å². The number of benzene rings is 1. The lowest BCUT2D eigenvalue weighted by Crippen LogP contribution is -2.28. The van der Waals surface area contributed by atoms with Crippen LogP contribution in [0.4, 0.5) is 0 Å². The maximum atomic E-state index is 9.91. The molecule has 0 unspecified atom stereocenters. The number of fused-ring (bicyclic) bond motifs is 1. The van der Waals surface area contributed by atoms with Crippen molar-refractivity contribution in [2.24, 2.45) is 0 Å². The van der Waals surface area contributed by atoms with Crippen molar-refractivity contribution in [1.82, 2.24) is 4.90 Å². The fourth-order valence-electron chi connectivity index (χ4n) is 1.87. The summed E-state index contributed by atoms with van der Waals surface area (Å²) in [4.78, 5) is 2.32. The van der Waals surface area contributed by atoms with Crippen molar-refractivity contribution < 1.29 is 5.11 Å². The van der Waals surface area contributed by atoms with Crippen molar-refractivity contribution in [3.8, 4) is 5.75 Å². The van der Waals surface area contributed by atoms with Gasteiger partial charge in [0.1, 0.15) is 5.75 Å². The van der Waals surface area contributed by atoms with Crippen molar-refractivity contribution in [2.75, 3.05) is 13.6 Å². The quantitative estimate of drug-likeness (QED) is 0.896. The van der Waals surface area contributed by atoms with Crippen LogP contribution in [0.25, 0.3) is 10.1 Å². The number of thiophene rings is 1. The monoisotopic (exact) mass is 249 g/mol. The zero-order valence-corrected chi connectivity index (χ0v) is 11.4. The molecule has 0 saturated carbocycles. The Morgan fingerprint density at radius 1 is 1.35 bits per heavy atom. The molecule has 1 aromatic carbocycles. The average Bonchev–Trinajstić information content (AvgIpc) is 2.70. The van der Waals surface area contributed by atoms with Gasteiger partial charge in [-0.05, 0) is 50.4 Å². The summed E-state index contributed by atoms with van der Waals surface area (Å²) in [5.41, 5.74) is 1.26. The minimum absolute atomic E-state index is 0.408. The van der Waals surface area contributed by atoms with Crippen LogP contribution in [0, 0.1) is 0 Å². The van der Waals surface area contributed by atoms with Gasteiger partial charge in [0, 0.05) is 22.7 Å². The van der Waals surface area contributed by atoms with Crippen molar-refractivity contribution in [2.45, 2.75) is 26.3 Å². The molecule has 92 valence electrons. The number of likely N-dealkylation sites (N-methyl/N-ethyl adjacent to an activating group) is 1. The van der Waals surface area contributed by atoms with E-state index >= 15 is 0 Å². The van der Waals surface area contributed by atoms with Gasteiger partial charge in [-0.3, -0.25) is 0 Å². The van der Waals surface area contributed by atoms with Gasteiger partial charge in [-0.2, -0.15) is 0 Å². The van der Waals surface area contributed by atoms with E-state index in [4.69, 9.17) is 0 Å². The van der Waals surface area contributed by atoms with Crippen LogP contribution in [-0.4, -0.2) is 29.6 Å². The predicted octanol–water partition coefficient (Wildman–Crippen LogP) is 3.49. The molecular weight excluding hydrogens is 230 g/mol. The predicted molar refractivity (Wildman–Crippen MR) is 75.0 cm³/mol. The van der Waals surface area contributed by atoms with E-state index in [-0.39, 0.29) is 0 Å². The molecule has 2 nitrogen and oxygen atoms in total. The number of aromatic hydroxyl groups is 1. The summed E-state index contributed by atoms with van der Waals surface area (Å²) in [7, 11) is 2.14.